The minimum absolute atomic E-state index is 0.128. The molecule has 1 atom stereocenters. The third-order valence-corrected chi connectivity index (χ3v) is 2.73. The van der Waals surface area contributed by atoms with Crippen LogP contribution in [0.25, 0.3) is 0 Å². The standard InChI is InChI=1S/C13H14ClN3/c1-9(10-3-2-4-11(14)7-10)17-13-8-12(15)5-6-16-13/h2-9H,1H3,(H3,15,16,17). The average Bonchev–Trinajstić information content (AvgIpc) is 2.29. The molecule has 1 heterocycles. The summed E-state index contributed by atoms with van der Waals surface area (Å²) in [6.07, 6.45) is 1.68. The molecule has 0 amide bonds. The quantitative estimate of drug-likeness (QED) is 0.873. The molecular formula is C13H14ClN3. The monoisotopic (exact) mass is 247 g/mol. The zero-order valence-electron chi connectivity index (χ0n) is 9.52. The fourth-order valence-corrected chi connectivity index (χ4v) is 1.81. The lowest BCUT2D eigenvalue weighted by atomic mass is 10.1. The van der Waals surface area contributed by atoms with Crippen LogP contribution in [0.4, 0.5) is 11.5 Å². The maximum atomic E-state index is 5.95. The lowest BCUT2D eigenvalue weighted by Gasteiger charge is -2.15. The number of benzene rings is 1. The number of pyridine rings is 1. The fourth-order valence-electron chi connectivity index (χ4n) is 1.61. The van der Waals surface area contributed by atoms with Gasteiger partial charge in [-0.05, 0) is 30.7 Å². The normalized spacial score (nSPS) is 12.1. The third-order valence-electron chi connectivity index (χ3n) is 2.50. The van der Waals surface area contributed by atoms with Crippen molar-refractivity contribution in [2.45, 2.75) is 13.0 Å². The molecule has 0 bridgehead atoms. The van der Waals surface area contributed by atoms with E-state index in [9.17, 15) is 0 Å². The Morgan fingerprint density at radius 2 is 2.12 bits per heavy atom. The van der Waals surface area contributed by atoms with E-state index in [-0.39, 0.29) is 6.04 Å². The molecule has 1 aromatic carbocycles. The molecular weight excluding hydrogens is 234 g/mol. The van der Waals surface area contributed by atoms with Crippen molar-refractivity contribution >= 4 is 23.1 Å². The summed E-state index contributed by atoms with van der Waals surface area (Å²) in [5.74, 6) is 0.762. The Morgan fingerprint density at radius 3 is 2.82 bits per heavy atom. The van der Waals surface area contributed by atoms with Crippen LogP contribution in [0.1, 0.15) is 18.5 Å². The van der Waals surface area contributed by atoms with E-state index in [4.69, 9.17) is 17.3 Å². The van der Waals surface area contributed by atoms with Crippen molar-refractivity contribution in [3.63, 3.8) is 0 Å². The molecule has 3 N–H and O–H groups in total. The number of hydrogen-bond donors (Lipinski definition) is 2. The third kappa shape index (κ3) is 3.11. The molecule has 0 fully saturated rings. The van der Waals surface area contributed by atoms with Crippen molar-refractivity contribution < 1.29 is 0 Å². The van der Waals surface area contributed by atoms with Gasteiger partial charge in [0.2, 0.25) is 0 Å². The van der Waals surface area contributed by atoms with Crippen molar-refractivity contribution in [2.75, 3.05) is 11.1 Å². The fraction of sp³-hybridized carbons (Fsp3) is 0.154. The Labute approximate surface area is 106 Å². The van der Waals surface area contributed by atoms with Crippen LogP contribution >= 0.6 is 11.6 Å². The predicted octanol–water partition coefficient (Wildman–Crippen LogP) is 3.49. The van der Waals surface area contributed by atoms with Gasteiger partial charge in [0, 0.05) is 29.0 Å². The number of halogens is 1. The first-order valence-corrected chi connectivity index (χ1v) is 5.76. The molecule has 2 rings (SSSR count). The van der Waals surface area contributed by atoms with E-state index in [1.807, 2.05) is 24.3 Å². The Balaban J connectivity index is 2.14. The minimum atomic E-state index is 0.128. The summed E-state index contributed by atoms with van der Waals surface area (Å²) >= 11 is 5.95. The van der Waals surface area contributed by atoms with Gasteiger partial charge in [-0.2, -0.15) is 0 Å². The molecule has 0 radical (unpaired) electrons. The minimum Gasteiger partial charge on any atom is -0.399 e. The van der Waals surface area contributed by atoms with E-state index >= 15 is 0 Å². The first-order chi connectivity index (χ1) is 8.15. The van der Waals surface area contributed by atoms with Crippen LogP contribution in [-0.2, 0) is 0 Å². The molecule has 3 nitrogen and oxygen atoms in total. The molecule has 17 heavy (non-hydrogen) atoms. The van der Waals surface area contributed by atoms with Gasteiger partial charge in [-0.15, -0.1) is 0 Å². The largest absolute Gasteiger partial charge is 0.399 e. The highest BCUT2D eigenvalue weighted by atomic mass is 35.5. The summed E-state index contributed by atoms with van der Waals surface area (Å²) in [7, 11) is 0. The second-order valence-corrected chi connectivity index (χ2v) is 4.33. The maximum absolute atomic E-state index is 5.95. The number of nitrogens with zero attached hydrogens (tertiary/aromatic N) is 1. The van der Waals surface area contributed by atoms with Gasteiger partial charge in [0.05, 0.1) is 0 Å². The summed E-state index contributed by atoms with van der Waals surface area (Å²) in [6, 6.07) is 11.4. The van der Waals surface area contributed by atoms with Crippen molar-refractivity contribution in [2.24, 2.45) is 0 Å². The number of hydrogen-bond acceptors (Lipinski definition) is 3. The summed E-state index contributed by atoms with van der Waals surface area (Å²) in [5, 5.41) is 4.01. The smallest absolute Gasteiger partial charge is 0.128 e. The van der Waals surface area contributed by atoms with Gasteiger partial charge >= 0.3 is 0 Å². The maximum Gasteiger partial charge on any atom is 0.128 e. The van der Waals surface area contributed by atoms with E-state index in [2.05, 4.69) is 17.2 Å². The topological polar surface area (TPSA) is 50.9 Å². The lowest BCUT2D eigenvalue weighted by Crippen LogP contribution is -2.08. The van der Waals surface area contributed by atoms with Gasteiger partial charge in [0.15, 0.2) is 0 Å². The first kappa shape index (κ1) is 11.7. The number of anilines is 2. The van der Waals surface area contributed by atoms with Gasteiger partial charge in [-0.25, -0.2) is 4.98 Å². The van der Waals surface area contributed by atoms with Crippen LogP contribution in [0.3, 0.4) is 0 Å². The molecule has 88 valence electrons. The van der Waals surface area contributed by atoms with Crippen LogP contribution in [-0.4, -0.2) is 4.98 Å². The van der Waals surface area contributed by atoms with Gasteiger partial charge in [-0.1, -0.05) is 23.7 Å². The molecule has 1 aromatic heterocycles. The van der Waals surface area contributed by atoms with E-state index in [1.165, 1.54) is 0 Å². The van der Waals surface area contributed by atoms with Crippen LogP contribution < -0.4 is 11.1 Å². The number of nitrogens with one attached hydrogen (secondary N) is 1. The SMILES string of the molecule is CC(Nc1cc(N)ccn1)c1cccc(Cl)c1. The van der Waals surface area contributed by atoms with Gasteiger partial charge in [0.25, 0.3) is 0 Å². The van der Waals surface area contributed by atoms with Crippen LogP contribution in [0, 0.1) is 0 Å². The van der Waals surface area contributed by atoms with E-state index in [0.717, 1.165) is 16.4 Å². The first-order valence-electron chi connectivity index (χ1n) is 5.38. The highest BCUT2D eigenvalue weighted by molar-refractivity contribution is 6.30. The molecule has 4 heteroatoms. The second kappa shape index (κ2) is 5.06. The molecule has 0 aliphatic carbocycles. The van der Waals surface area contributed by atoms with Gasteiger partial charge < -0.3 is 11.1 Å². The number of nitrogen functional groups attached to an aromatic ring is 1. The molecule has 1 unspecified atom stereocenters. The number of nitrogens with two attached hydrogens (primary N) is 1. The van der Waals surface area contributed by atoms with Crippen molar-refractivity contribution in [1.29, 1.82) is 0 Å². The predicted molar refractivity (Wildman–Crippen MR) is 72.1 cm³/mol. The van der Waals surface area contributed by atoms with E-state index in [1.54, 1.807) is 18.3 Å². The molecule has 0 saturated carbocycles. The molecule has 0 saturated heterocycles. The Hall–Kier alpha value is -1.74. The molecule has 0 aliphatic heterocycles. The molecule has 2 aromatic rings. The lowest BCUT2D eigenvalue weighted by molar-refractivity contribution is 0.875. The van der Waals surface area contributed by atoms with Crippen LogP contribution in [0.5, 0.6) is 0 Å². The number of rotatable bonds is 3. The average molecular weight is 248 g/mol. The molecule has 0 aliphatic rings. The number of aromatic nitrogens is 1. The highest BCUT2D eigenvalue weighted by Crippen LogP contribution is 2.21. The summed E-state index contributed by atoms with van der Waals surface area (Å²) in [6.45, 7) is 2.05. The van der Waals surface area contributed by atoms with Crippen LogP contribution in [0.2, 0.25) is 5.02 Å². The van der Waals surface area contributed by atoms with E-state index in [0.29, 0.717) is 5.69 Å². The molecule has 0 spiro atoms. The zero-order valence-corrected chi connectivity index (χ0v) is 10.3. The second-order valence-electron chi connectivity index (χ2n) is 3.90. The Kier molecular flexibility index (Phi) is 3.49. The zero-order chi connectivity index (χ0) is 12.3. The Morgan fingerprint density at radius 1 is 1.29 bits per heavy atom. The summed E-state index contributed by atoms with van der Waals surface area (Å²) in [4.78, 5) is 4.20. The van der Waals surface area contributed by atoms with E-state index < -0.39 is 0 Å². The van der Waals surface area contributed by atoms with Crippen molar-refractivity contribution in [3.05, 3.63) is 53.2 Å². The highest BCUT2D eigenvalue weighted by Gasteiger charge is 2.06. The van der Waals surface area contributed by atoms with Gasteiger partial charge in [0.1, 0.15) is 5.82 Å². The summed E-state index contributed by atoms with van der Waals surface area (Å²) < 4.78 is 0. The van der Waals surface area contributed by atoms with Crippen molar-refractivity contribution in [3.8, 4) is 0 Å². The van der Waals surface area contributed by atoms with Crippen LogP contribution in [0.15, 0.2) is 42.6 Å². The Bertz CT molecular complexity index is 514. The van der Waals surface area contributed by atoms with Crippen molar-refractivity contribution in [1.82, 2.24) is 4.98 Å². The van der Waals surface area contributed by atoms with Gasteiger partial charge in [-0.3, -0.25) is 0 Å². The summed E-state index contributed by atoms with van der Waals surface area (Å²) in [5.41, 5.74) is 7.50.